The van der Waals surface area contributed by atoms with Gasteiger partial charge in [0.05, 0.1) is 0 Å². The minimum Gasteiger partial charge on any atom is -0.338 e. The van der Waals surface area contributed by atoms with E-state index >= 15 is 0 Å². The van der Waals surface area contributed by atoms with E-state index in [1.165, 1.54) is 19.3 Å². The molecule has 1 saturated heterocycles. The van der Waals surface area contributed by atoms with Gasteiger partial charge in [0, 0.05) is 19.6 Å². The van der Waals surface area contributed by atoms with Crippen molar-refractivity contribution >= 4 is 6.03 Å². The van der Waals surface area contributed by atoms with Crippen LogP contribution in [0.3, 0.4) is 0 Å². The standard InChI is InChI=1S/C13H24N2O/c1-11-6-9-15(10-7-11)13(16)14-8-2-3-12-4-5-12/h11-12H,2-10H2,1H3,(H,14,16). The number of piperidine rings is 1. The lowest BCUT2D eigenvalue weighted by molar-refractivity contribution is 0.174. The number of carbonyl (C=O) groups is 1. The van der Waals surface area contributed by atoms with Crippen molar-refractivity contribution in [1.29, 1.82) is 0 Å². The van der Waals surface area contributed by atoms with Crippen LogP contribution in [0.5, 0.6) is 0 Å². The van der Waals surface area contributed by atoms with Gasteiger partial charge in [0.2, 0.25) is 0 Å². The zero-order valence-electron chi connectivity index (χ0n) is 10.4. The fourth-order valence-corrected chi connectivity index (χ4v) is 2.32. The third-order valence-corrected chi connectivity index (χ3v) is 3.83. The van der Waals surface area contributed by atoms with Crippen LogP contribution in [0.15, 0.2) is 0 Å². The molecule has 0 bridgehead atoms. The lowest BCUT2D eigenvalue weighted by Gasteiger charge is -2.30. The van der Waals surface area contributed by atoms with Crippen LogP contribution in [0.25, 0.3) is 0 Å². The lowest BCUT2D eigenvalue weighted by atomic mass is 10.00. The van der Waals surface area contributed by atoms with Crippen molar-refractivity contribution < 1.29 is 4.79 Å². The first-order valence-corrected chi connectivity index (χ1v) is 6.78. The number of nitrogens with one attached hydrogen (secondary N) is 1. The van der Waals surface area contributed by atoms with Gasteiger partial charge in [-0.1, -0.05) is 19.8 Å². The zero-order chi connectivity index (χ0) is 11.4. The number of amides is 2. The third kappa shape index (κ3) is 3.69. The Morgan fingerprint density at radius 2 is 1.94 bits per heavy atom. The van der Waals surface area contributed by atoms with Crippen molar-refractivity contribution in [3.63, 3.8) is 0 Å². The summed E-state index contributed by atoms with van der Waals surface area (Å²) in [5.74, 6) is 1.77. The number of urea groups is 1. The monoisotopic (exact) mass is 224 g/mol. The van der Waals surface area contributed by atoms with Gasteiger partial charge in [0.15, 0.2) is 0 Å². The molecule has 0 spiro atoms. The first-order chi connectivity index (χ1) is 7.75. The summed E-state index contributed by atoms with van der Waals surface area (Å²) in [7, 11) is 0. The van der Waals surface area contributed by atoms with E-state index in [0.717, 1.165) is 50.7 Å². The number of nitrogens with zero attached hydrogens (tertiary/aromatic N) is 1. The Labute approximate surface area is 98.6 Å². The summed E-state index contributed by atoms with van der Waals surface area (Å²) in [4.78, 5) is 13.7. The molecule has 2 rings (SSSR count). The first kappa shape index (κ1) is 11.7. The quantitative estimate of drug-likeness (QED) is 0.731. The van der Waals surface area contributed by atoms with Gasteiger partial charge in [0.1, 0.15) is 0 Å². The molecule has 1 aliphatic carbocycles. The van der Waals surface area contributed by atoms with E-state index in [2.05, 4.69) is 12.2 Å². The summed E-state index contributed by atoms with van der Waals surface area (Å²) in [6.45, 7) is 5.01. The largest absolute Gasteiger partial charge is 0.338 e. The minimum absolute atomic E-state index is 0.155. The summed E-state index contributed by atoms with van der Waals surface area (Å²) in [6, 6.07) is 0.155. The second-order valence-electron chi connectivity index (χ2n) is 5.49. The van der Waals surface area contributed by atoms with E-state index < -0.39 is 0 Å². The highest BCUT2D eigenvalue weighted by Crippen LogP contribution is 2.33. The van der Waals surface area contributed by atoms with Crippen molar-refractivity contribution in [3.05, 3.63) is 0 Å². The summed E-state index contributed by atoms with van der Waals surface area (Å²) in [6.07, 6.45) is 7.61. The first-order valence-electron chi connectivity index (χ1n) is 6.78. The summed E-state index contributed by atoms with van der Waals surface area (Å²) in [5.41, 5.74) is 0. The van der Waals surface area contributed by atoms with E-state index in [9.17, 15) is 4.79 Å². The van der Waals surface area contributed by atoms with Crippen LogP contribution >= 0.6 is 0 Å². The van der Waals surface area contributed by atoms with Crippen LogP contribution in [0.1, 0.15) is 45.4 Å². The molecule has 0 radical (unpaired) electrons. The molecule has 1 N–H and O–H groups in total. The normalized spacial score (nSPS) is 22.2. The van der Waals surface area contributed by atoms with Crippen LogP contribution in [-0.4, -0.2) is 30.6 Å². The maximum atomic E-state index is 11.8. The number of likely N-dealkylation sites (tertiary alicyclic amines) is 1. The van der Waals surface area contributed by atoms with Crippen molar-refractivity contribution in [2.24, 2.45) is 11.8 Å². The molecule has 0 unspecified atom stereocenters. The molecule has 2 aliphatic rings. The Hall–Kier alpha value is -0.730. The Balaban J connectivity index is 1.55. The molecule has 1 heterocycles. The molecule has 0 aromatic heterocycles. The smallest absolute Gasteiger partial charge is 0.317 e. The molecule has 0 atom stereocenters. The van der Waals surface area contributed by atoms with Crippen LogP contribution in [0, 0.1) is 11.8 Å². The molecule has 16 heavy (non-hydrogen) atoms. The minimum atomic E-state index is 0.155. The molecule has 2 fully saturated rings. The Morgan fingerprint density at radius 1 is 1.25 bits per heavy atom. The van der Waals surface area contributed by atoms with Crippen LogP contribution in [-0.2, 0) is 0 Å². The summed E-state index contributed by atoms with van der Waals surface area (Å²) >= 11 is 0. The summed E-state index contributed by atoms with van der Waals surface area (Å²) in [5, 5.41) is 3.04. The molecule has 0 aromatic carbocycles. The van der Waals surface area contributed by atoms with Gasteiger partial charge in [-0.2, -0.15) is 0 Å². The maximum Gasteiger partial charge on any atom is 0.317 e. The Morgan fingerprint density at radius 3 is 2.56 bits per heavy atom. The highest BCUT2D eigenvalue weighted by molar-refractivity contribution is 5.74. The SMILES string of the molecule is CC1CCN(C(=O)NCCCC2CC2)CC1. The predicted molar refractivity (Wildman–Crippen MR) is 65.3 cm³/mol. The molecular formula is C13H24N2O. The molecule has 92 valence electrons. The second-order valence-corrected chi connectivity index (χ2v) is 5.49. The Kier molecular flexibility index (Phi) is 4.08. The molecule has 3 nitrogen and oxygen atoms in total. The molecule has 1 aliphatic heterocycles. The number of hydrogen-bond acceptors (Lipinski definition) is 1. The van der Waals surface area contributed by atoms with Crippen molar-refractivity contribution in [2.75, 3.05) is 19.6 Å². The summed E-state index contributed by atoms with van der Waals surface area (Å²) < 4.78 is 0. The number of carbonyl (C=O) groups excluding carboxylic acids is 1. The van der Waals surface area contributed by atoms with Gasteiger partial charge in [-0.05, 0) is 37.5 Å². The molecule has 0 aromatic rings. The van der Waals surface area contributed by atoms with E-state index in [4.69, 9.17) is 0 Å². The van der Waals surface area contributed by atoms with Gasteiger partial charge in [0.25, 0.3) is 0 Å². The second kappa shape index (κ2) is 5.55. The zero-order valence-corrected chi connectivity index (χ0v) is 10.4. The highest BCUT2D eigenvalue weighted by atomic mass is 16.2. The van der Waals surface area contributed by atoms with Crippen LogP contribution in [0.2, 0.25) is 0 Å². The molecule has 1 saturated carbocycles. The maximum absolute atomic E-state index is 11.8. The molecule has 3 heteroatoms. The predicted octanol–water partition coefficient (Wildman–Crippen LogP) is 2.62. The van der Waals surface area contributed by atoms with Crippen molar-refractivity contribution in [2.45, 2.75) is 45.4 Å². The number of rotatable bonds is 4. The van der Waals surface area contributed by atoms with Gasteiger partial charge < -0.3 is 10.2 Å². The lowest BCUT2D eigenvalue weighted by Crippen LogP contribution is -2.44. The van der Waals surface area contributed by atoms with Gasteiger partial charge in [-0.15, -0.1) is 0 Å². The van der Waals surface area contributed by atoms with Crippen molar-refractivity contribution in [1.82, 2.24) is 10.2 Å². The van der Waals surface area contributed by atoms with Gasteiger partial charge >= 0.3 is 6.03 Å². The molecular weight excluding hydrogens is 200 g/mol. The number of hydrogen-bond donors (Lipinski definition) is 1. The van der Waals surface area contributed by atoms with E-state index in [-0.39, 0.29) is 6.03 Å². The van der Waals surface area contributed by atoms with Gasteiger partial charge in [-0.25, -0.2) is 4.79 Å². The topological polar surface area (TPSA) is 32.3 Å². The average Bonchev–Trinajstić information content (AvgIpc) is 3.09. The Bertz CT molecular complexity index is 230. The highest BCUT2D eigenvalue weighted by Gasteiger charge is 2.21. The van der Waals surface area contributed by atoms with Crippen molar-refractivity contribution in [3.8, 4) is 0 Å². The van der Waals surface area contributed by atoms with Crippen LogP contribution in [0.4, 0.5) is 4.79 Å². The fraction of sp³-hybridized carbons (Fsp3) is 0.923. The van der Waals surface area contributed by atoms with E-state index in [1.54, 1.807) is 0 Å². The van der Waals surface area contributed by atoms with Gasteiger partial charge in [-0.3, -0.25) is 0 Å². The van der Waals surface area contributed by atoms with E-state index in [0.29, 0.717) is 0 Å². The molecule has 2 amide bonds. The average molecular weight is 224 g/mol. The van der Waals surface area contributed by atoms with E-state index in [1.807, 2.05) is 4.90 Å². The third-order valence-electron chi connectivity index (χ3n) is 3.83. The fourth-order valence-electron chi connectivity index (χ4n) is 2.32. The van der Waals surface area contributed by atoms with Crippen LogP contribution < -0.4 is 5.32 Å².